The Morgan fingerprint density at radius 2 is 1.85 bits per heavy atom. The zero-order valence-electron chi connectivity index (χ0n) is 8.63. The van der Waals surface area contributed by atoms with E-state index in [1.165, 1.54) is 38.6 Å². The lowest BCUT2D eigenvalue weighted by Crippen LogP contribution is -2.51. The van der Waals surface area contributed by atoms with E-state index in [-0.39, 0.29) is 5.60 Å². The molecule has 1 saturated heterocycles. The molecule has 1 heterocycles. The second kappa shape index (κ2) is 3.58. The summed E-state index contributed by atoms with van der Waals surface area (Å²) in [5, 5.41) is 10.4. The van der Waals surface area contributed by atoms with Crippen molar-refractivity contribution >= 4 is 0 Å². The van der Waals surface area contributed by atoms with Gasteiger partial charge in [0.25, 0.3) is 0 Å². The van der Waals surface area contributed by atoms with Gasteiger partial charge in [-0.25, -0.2) is 0 Å². The van der Waals surface area contributed by atoms with Crippen LogP contribution in [0, 0.1) is 0 Å². The topological polar surface area (TPSA) is 23.5 Å². The van der Waals surface area contributed by atoms with Gasteiger partial charge in [0, 0.05) is 6.04 Å². The summed E-state index contributed by atoms with van der Waals surface area (Å²) in [6, 6.07) is 0.448. The van der Waals surface area contributed by atoms with Crippen molar-refractivity contribution in [2.24, 2.45) is 0 Å². The molecule has 2 nitrogen and oxygen atoms in total. The Balaban J connectivity index is 2.04. The largest absolute Gasteiger partial charge is 0.388 e. The molecule has 13 heavy (non-hydrogen) atoms. The Bertz CT molecular complexity index is 175. The van der Waals surface area contributed by atoms with Gasteiger partial charge in [0.2, 0.25) is 0 Å². The van der Waals surface area contributed by atoms with Crippen LogP contribution in [-0.2, 0) is 0 Å². The van der Waals surface area contributed by atoms with Crippen LogP contribution in [0.15, 0.2) is 0 Å². The lowest BCUT2D eigenvalue weighted by Gasteiger charge is -2.42. The van der Waals surface area contributed by atoms with Crippen molar-refractivity contribution in [3.05, 3.63) is 0 Å². The second-order valence-corrected chi connectivity index (χ2v) is 4.80. The lowest BCUT2D eigenvalue weighted by molar-refractivity contribution is -0.0486. The third kappa shape index (κ3) is 1.75. The Morgan fingerprint density at radius 3 is 2.46 bits per heavy atom. The summed E-state index contributed by atoms with van der Waals surface area (Å²) in [7, 11) is 2.17. The number of aliphatic hydroxyl groups is 1. The smallest absolute Gasteiger partial charge is 0.0802 e. The van der Waals surface area contributed by atoms with Crippen molar-refractivity contribution in [1.29, 1.82) is 0 Å². The number of likely N-dealkylation sites (N-methyl/N-ethyl adjacent to an activating group) is 1. The molecule has 1 aliphatic carbocycles. The van der Waals surface area contributed by atoms with E-state index in [0.717, 1.165) is 12.8 Å². The maximum atomic E-state index is 10.4. The predicted octanol–water partition coefficient (Wildman–Crippen LogP) is 1.78. The van der Waals surface area contributed by atoms with Gasteiger partial charge in [-0.1, -0.05) is 19.3 Å². The van der Waals surface area contributed by atoms with E-state index in [9.17, 15) is 5.11 Å². The number of rotatable bonds is 1. The molecular formula is C11H21NO. The molecule has 1 atom stereocenters. The first-order valence-corrected chi connectivity index (χ1v) is 5.65. The van der Waals surface area contributed by atoms with Gasteiger partial charge in [-0.15, -0.1) is 0 Å². The van der Waals surface area contributed by atoms with Gasteiger partial charge >= 0.3 is 0 Å². The molecule has 0 spiro atoms. The summed E-state index contributed by atoms with van der Waals surface area (Å²) in [6.45, 7) is 1.17. The van der Waals surface area contributed by atoms with E-state index >= 15 is 0 Å². The van der Waals surface area contributed by atoms with E-state index in [2.05, 4.69) is 11.9 Å². The van der Waals surface area contributed by atoms with Crippen molar-refractivity contribution < 1.29 is 5.11 Å². The molecule has 0 bridgehead atoms. The number of hydrogen-bond acceptors (Lipinski definition) is 2. The first-order chi connectivity index (χ1) is 6.22. The Labute approximate surface area is 80.9 Å². The lowest BCUT2D eigenvalue weighted by atomic mass is 9.85. The highest BCUT2D eigenvalue weighted by atomic mass is 16.3. The highest BCUT2D eigenvalue weighted by Crippen LogP contribution is 2.37. The third-order valence-electron chi connectivity index (χ3n) is 3.86. The average molecular weight is 183 g/mol. The summed E-state index contributed by atoms with van der Waals surface area (Å²) >= 11 is 0. The molecular weight excluding hydrogens is 162 g/mol. The average Bonchev–Trinajstić information content (AvgIpc) is 2.54. The van der Waals surface area contributed by atoms with Gasteiger partial charge in [-0.05, 0) is 39.3 Å². The highest BCUT2D eigenvalue weighted by Gasteiger charge is 2.41. The van der Waals surface area contributed by atoms with Crippen molar-refractivity contribution in [3.8, 4) is 0 Å². The van der Waals surface area contributed by atoms with Crippen LogP contribution in [-0.4, -0.2) is 35.2 Å². The minimum Gasteiger partial charge on any atom is -0.388 e. The molecule has 0 radical (unpaired) electrons. The normalized spacial score (nSPS) is 35.1. The first-order valence-electron chi connectivity index (χ1n) is 5.65. The molecule has 2 aliphatic rings. The summed E-state index contributed by atoms with van der Waals surface area (Å²) in [6.07, 6.45) is 8.32. The van der Waals surface area contributed by atoms with Gasteiger partial charge in [-0.2, -0.15) is 0 Å². The Kier molecular flexibility index (Phi) is 2.61. The highest BCUT2D eigenvalue weighted by molar-refractivity contribution is 4.96. The predicted molar refractivity (Wildman–Crippen MR) is 53.7 cm³/mol. The zero-order valence-corrected chi connectivity index (χ0v) is 8.63. The van der Waals surface area contributed by atoms with Gasteiger partial charge in [0.1, 0.15) is 0 Å². The molecule has 0 aromatic heterocycles. The number of nitrogens with zero attached hydrogens (tertiary/aromatic N) is 1. The zero-order chi connectivity index (χ0) is 9.31. The molecule has 1 saturated carbocycles. The number of piperidine rings is 1. The van der Waals surface area contributed by atoms with Crippen LogP contribution in [0.1, 0.15) is 44.9 Å². The van der Waals surface area contributed by atoms with Crippen LogP contribution in [0.4, 0.5) is 0 Å². The fourth-order valence-corrected chi connectivity index (χ4v) is 3.07. The van der Waals surface area contributed by atoms with Gasteiger partial charge < -0.3 is 10.0 Å². The van der Waals surface area contributed by atoms with Crippen molar-refractivity contribution in [1.82, 2.24) is 4.90 Å². The monoisotopic (exact) mass is 183 g/mol. The number of likely N-dealkylation sites (tertiary alicyclic amines) is 1. The third-order valence-corrected chi connectivity index (χ3v) is 3.86. The van der Waals surface area contributed by atoms with E-state index in [0.29, 0.717) is 6.04 Å². The van der Waals surface area contributed by atoms with E-state index < -0.39 is 0 Å². The number of hydrogen-bond donors (Lipinski definition) is 1. The standard InChI is InChI=1S/C11H21NO/c1-12-9-5-2-6-10(12)11(13)7-3-4-8-11/h10,13H,2-9H2,1H3. The van der Waals surface area contributed by atoms with Crippen molar-refractivity contribution in [3.63, 3.8) is 0 Å². The van der Waals surface area contributed by atoms with Crippen LogP contribution in [0.3, 0.4) is 0 Å². The summed E-state index contributed by atoms with van der Waals surface area (Å²) in [5.41, 5.74) is -0.338. The van der Waals surface area contributed by atoms with Gasteiger partial charge in [-0.3, -0.25) is 0 Å². The van der Waals surface area contributed by atoms with Crippen LogP contribution in [0.5, 0.6) is 0 Å². The molecule has 2 fully saturated rings. The second-order valence-electron chi connectivity index (χ2n) is 4.80. The molecule has 0 aromatic carbocycles. The fourth-order valence-electron chi connectivity index (χ4n) is 3.07. The van der Waals surface area contributed by atoms with Gasteiger partial charge in [0.15, 0.2) is 0 Å². The summed E-state index contributed by atoms with van der Waals surface area (Å²) < 4.78 is 0. The quantitative estimate of drug-likeness (QED) is 0.670. The van der Waals surface area contributed by atoms with Crippen molar-refractivity contribution in [2.75, 3.05) is 13.6 Å². The molecule has 1 unspecified atom stereocenters. The molecule has 2 rings (SSSR count). The molecule has 1 aliphatic heterocycles. The van der Waals surface area contributed by atoms with Crippen molar-refractivity contribution in [2.45, 2.75) is 56.6 Å². The summed E-state index contributed by atoms with van der Waals surface area (Å²) in [4.78, 5) is 2.37. The molecule has 0 aromatic rings. The SMILES string of the molecule is CN1CCCCC1C1(O)CCCC1. The summed E-state index contributed by atoms with van der Waals surface area (Å²) in [5.74, 6) is 0. The maximum absolute atomic E-state index is 10.4. The van der Waals surface area contributed by atoms with Crippen LogP contribution in [0.2, 0.25) is 0 Å². The van der Waals surface area contributed by atoms with Gasteiger partial charge in [0.05, 0.1) is 5.60 Å². The van der Waals surface area contributed by atoms with Crippen LogP contribution < -0.4 is 0 Å². The molecule has 2 heteroatoms. The molecule has 0 amide bonds. The van der Waals surface area contributed by atoms with E-state index in [4.69, 9.17) is 0 Å². The molecule has 1 N–H and O–H groups in total. The molecule has 76 valence electrons. The van der Waals surface area contributed by atoms with Crippen LogP contribution >= 0.6 is 0 Å². The van der Waals surface area contributed by atoms with Crippen LogP contribution in [0.25, 0.3) is 0 Å². The fraction of sp³-hybridized carbons (Fsp3) is 1.00. The Morgan fingerprint density at radius 1 is 1.15 bits per heavy atom. The maximum Gasteiger partial charge on any atom is 0.0802 e. The van der Waals surface area contributed by atoms with E-state index in [1.807, 2.05) is 0 Å². The first kappa shape index (κ1) is 9.47. The minimum absolute atomic E-state index is 0.338. The minimum atomic E-state index is -0.338. The van der Waals surface area contributed by atoms with E-state index in [1.54, 1.807) is 0 Å². The Hall–Kier alpha value is -0.0800.